The number of amides is 1. The van der Waals surface area contributed by atoms with Crippen LogP contribution >= 0.6 is 0 Å². The maximum Gasteiger partial charge on any atom is 0.418 e. The molecule has 25 heavy (non-hydrogen) atoms. The van der Waals surface area contributed by atoms with E-state index < -0.39 is 17.6 Å². The van der Waals surface area contributed by atoms with Gasteiger partial charge in [0.1, 0.15) is 0 Å². The van der Waals surface area contributed by atoms with Gasteiger partial charge in [-0.25, -0.2) is 0 Å². The Morgan fingerprint density at radius 1 is 1.04 bits per heavy atom. The summed E-state index contributed by atoms with van der Waals surface area (Å²) in [7, 11) is 0. The maximum atomic E-state index is 13.0. The van der Waals surface area contributed by atoms with E-state index in [1.165, 1.54) is 18.2 Å². The number of likely N-dealkylation sites (N-methyl/N-ethyl adjacent to an activating group) is 1. The molecule has 0 aromatic heterocycles. The summed E-state index contributed by atoms with van der Waals surface area (Å²) in [4.78, 5) is 14.1. The van der Waals surface area contributed by atoms with E-state index in [4.69, 9.17) is 0 Å². The maximum absolute atomic E-state index is 13.0. The summed E-state index contributed by atoms with van der Waals surface area (Å²) in [6.07, 6.45) is -3.72. The lowest BCUT2D eigenvalue weighted by Crippen LogP contribution is -2.35. The Kier molecular flexibility index (Phi) is 6.58. The van der Waals surface area contributed by atoms with E-state index in [-0.39, 0.29) is 12.2 Å². The van der Waals surface area contributed by atoms with E-state index in [1.807, 2.05) is 42.2 Å². The van der Waals surface area contributed by atoms with Gasteiger partial charge in [0, 0.05) is 6.54 Å². The summed E-state index contributed by atoms with van der Waals surface area (Å²) >= 11 is 0. The molecule has 0 saturated heterocycles. The minimum Gasteiger partial charge on any atom is -0.324 e. The Balaban J connectivity index is 1.94. The van der Waals surface area contributed by atoms with E-state index in [2.05, 4.69) is 5.32 Å². The first-order chi connectivity index (χ1) is 11.9. The number of para-hydroxylation sites is 1. The van der Waals surface area contributed by atoms with Crippen LogP contribution in [0.2, 0.25) is 0 Å². The molecule has 0 atom stereocenters. The van der Waals surface area contributed by atoms with Crippen molar-refractivity contribution < 1.29 is 18.0 Å². The van der Waals surface area contributed by atoms with Gasteiger partial charge in [-0.05, 0) is 30.7 Å². The smallest absolute Gasteiger partial charge is 0.324 e. The highest BCUT2D eigenvalue weighted by Gasteiger charge is 2.33. The Bertz CT molecular complexity index is 687. The van der Waals surface area contributed by atoms with Crippen molar-refractivity contribution in [1.82, 2.24) is 4.90 Å². The fourth-order valence-corrected chi connectivity index (χ4v) is 2.51. The van der Waals surface area contributed by atoms with Crippen molar-refractivity contribution in [1.29, 1.82) is 0 Å². The summed E-state index contributed by atoms with van der Waals surface area (Å²) < 4.78 is 38.9. The second-order valence-corrected chi connectivity index (χ2v) is 5.70. The van der Waals surface area contributed by atoms with Crippen LogP contribution in [-0.2, 0) is 17.4 Å². The molecule has 134 valence electrons. The van der Waals surface area contributed by atoms with E-state index in [0.29, 0.717) is 13.1 Å². The summed E-state index contributed by atoms with van der Waals surface area (Å²) in [6.45, 7) is 3.27. The van der Waals surface area contributed by atoms with E-state index >= 15 is 0 Å². The second kappa shape index (κ2) is 8.67. The zero-order valence-corrected chi connectivity index (χ0v) is 14.0. The molecule has 0 radical (unpaired) electrons. The molecule has 2 rings (SSSR count). The van der Waals surface area contributed by atoms with Crippen LogP contribution in [0.5, 0.6) is 0 Å². The molecular weight excluding hydrogens is 329 g/mol. The Morgan fingerprint density at radius 3 is 2.32 bits per heavy atom. The Morgan fingerprint density at radius 2 is 1.68 bits per heavy atom. The third kappa shape index (κ3) is 5.90. The first-order valence-corrected chi connectivity index (χ1v) is 8.12. The number of carbonyl (C=O) groups excluding carboxylic acids is 1. The lowest BCUT2D eigenvalue weighted by Gasteiger charge is -2.20. The summed E-state index contributed by atoms with van der Waals surface area (Å²) in [5.41, 5.74) is 0.110. The summed E-state index contributed by atoms with van der Waals surface area (Å²) in [5.74, 6) is -0.452. The van der Waals surface area contributed by atoms with Crippen molar-refractivity contribution in [3.63, 3.8) is 0 Å². The number of hydrogen-bond donors (Lipinski definition) is 1. The monoisotopic (exact) mass is 350 g/mol. The normalized spacial score (nSPS) is 11.6. The number of anilines is 1. The molecule has 6 heteroatoms. The summed E-state index contributed by atoms with van der Waals surface area (Å²) in [5, 5.41) is 2.38. The van der Waals surface area contributed by atoms with Crippen LogP contribution in [-0.4, -0.2) is 30.4 Å². The van der Waals surface area contributed by atoms with Gasteiger partial charge in [-0.3, -0.25) is 9.69 Å². The van der Waals surface area contributed by atoms with Crippen molar-refractivity contribution >= 4 is 11.6 Å². The van der Waals surface area contributed by atoms with Crippen molar-refractivity contribution in [2.75, 3.05) is 25.0 Å². The van der Waals surface area contributed by atoms with Gasteiger partial charge < -0.3 is 5.32 Å². The van der Waals surface area contributed by atoms with E-state index in [1.54, 1.807) is 0 Å². The van der Waals surface area contributed by atoms with Crippen molar-refractivity contribution in [2.24, 2.45) is 0 Å². The van der Waals surface area contributed by atoms with E-state index in [9.17, 15) is 18.0 Å². The van der Waals surface area contributed by atoms with Crippen LogP contribution in [0.1, 0.15) is 18.1 Å². The van der Waals surface area contributed by atoms with Crippen molar-refractivity contribution in [3.05, 3.63) is 65.7 Å². The number of benzene rings is 2. The van der Waals surface area contributed by atoms with Gasteiger partial charge in [0.05, 0.1) is 17.8 Å². The average Bonchev–Trinajstić information content (AvgIpc) is 2.59. The molecule has 0 aliphatic carbocycles. The molecule has 2 aromatic carbocycles. The van der Waals surface area contributed by atoms with Crippen LogP contribution in [0.4, 0.5) is 18.9 Å². The van der Waals surface area contributed by atoms with Crippen LogP contribution in [0.3, 0.4) is 0 Å². The highest BCUT2D eigenvalue weighted by Crippen LogP contribution is 2.34. The average molecular weight is 350 g/mol. The summed E-state index contributed by atoms with van der Waals surface area (Å²) in [6, 6.07) is 14.9. The van der Waals surface area contributed by atoms with Gasteiger partial charge in [0.15, 0.2) is 0 Å². The molecule has 0 fully saturated rings. The number of halogens is 3. The number of hydrogen-bond acceptors (Lipinski definition) is 2. The molecule has 0 unspecified atom stereocenters. The molecule has 0 aliphatic rings. The second-order valence-electron chi connectivity index (χ2n) is 5.70. The minimum absolute atomic E-state index is 0.0511. The first kappa shape index (κ1) is 19.0. The zero-order chi connectivity index (χ0) is 18.3. The third-order valence-electron chi connectivity index (χ3n) is 3.88. The van der Waals surface area contributed by atoms with Crippen LogP contribution in [0, 0.1) is 0 Å². The van der Waals surface area contributed by atoms with Gasteiger partial charge in [0.25, 0.3) is 0 Å². The predicted molar refractivity (Wildman–Crippen MR) is 92.3 cm³/mol. The molecule has 0 aliphatic heterocycles. The highest BCUT2D eigenvalue weighted by atomic mass is 19.4. The number of nitrogens with one attached hydrogen (secondary N) is 1. The van der Waals surface area contributed by atoms with Gasteiger partial charge >= 0.3 is 6.18 Å². The van der Waals surface area contributed by atoms with Gasteiger partial charge in [-0.2, -0.15) is 13.2 Å². The fourth-order valence-electron chi connectivity index (χ4n) is 2.51. The molecule has 1 amide bonds. The largest absolute Gasteiger partial charge is 0.418 e. The standard InChI is InChI=1S/C19H21F3N2O/c1-2-24(13-12-15-8-4-3-5-9-15)14-18(25)23-17-11-7-6-10-16(17)19(20,21)22/h3-11H,2,12-14H2,1H3,(H,23,25). The Labute approximate surface area is 145 Å². The lowest BCUT2D eigenvalue weighted by atomic mass is 10.1. The zero-order valence-electron chi connectivity index (χ0n) is 14.0. The lowest BCUT2D eigenvalue weighted by molar-refractivity contribution is -0.137. The minimum atomic E-state index is -4.50. The molecule has 0 saturated carbocycles. The number of alkyl halides is 3. The van der Waals surface area contributed by atoms with E-state index in [0.717, 1.165) is 18.1 Å². The predicted octanol–water partition coefficient (Wildman–Crippen LogP) is 4.21. The fraction of sp³-hybridized carbons (Fsp3) is 0.316. The number of rotatable bonds is 7. The van der Waals surface area contributed by atoms with Crippen LogP contribution < -0.4 is 5.32 Å². The van der Waals surface area contributed by atoms with Crippen molar-refractivity contribution in [3.8, 4) is 0 Å². The van der Waals surface area contributed by atoms with Gasteiger partial charge in [-0.15, -0.1) is 0 Å². The van der Waals surface area contributed by atoms with Crippen molar-refractivity contribution in [2.45, 2.75) is 19.5 Å². The Hall–Kier alpha value is -2.34. The third-order valence-corrected chi connectivity index (χ3v) is 3.88. The highest BCUT2D eigenvalue weighted by molar-refractivity contribution is 5.93. The first-order valence-electron chi connectivity index (χ1n) is 8.12. The molecule has 2 aromatic rings. The van der Waals surface area contributed by atoms with Gasteiger partial charge in [-0.1, -0.05) is 49.4 Å². The molecular formula is C19H21F3N2O. The molecule has 0 heterocycles. The van der Waals surface area contributed by atoms with Crippen LogP contribution in [0.15, 0.2) is 54.6 Å². The quantitative estimate of drug-likeness (QED) is 0.811. The van der Waals surface area contributed by atoms with Gasteiger partial charge in [0.2, 0.25) is 5.91 Å². The molecule has 0 spiro atoms. The molecule has 3 nitrogen and oxygen atoms in total. The number of carbonyl (C=O) groups is 1. The number of nitrogens with zero attached hydrogens (tertiary/aromatic N) is 1. The topological polar surface area (TPSA) is 32.3 Å². The SMILES string of the molecule is CCN(CCc1ccccc1)CC(=O)Nc1ccccc1C(F)(F)F. The molecule has 0 bridgehead atoms. The molecule has 1 N–H and O–H groups in total. The van der Waals surface area contributed by atoms with Crippen LogP contribution in [0.25, 0.3) is 0 Å².